The molecular weight excluding hydrogens is 238 g/mol. The van der Waals surface area contributed by atoms with Crippen LogP contribution in [0.25, 0.3) is 0 Å². The Bertz CT molecular complexity index is 462. The first-order chi connectivity index (χ1) is 8.82. The summed E-state index contributed by atoms with van der Waals surface area (Å²) in [7, 11) is 0. The molecule has 19 heavy (non-hydrogen) atoms. The minimum absolute atomic E-state index is 0.0941. The normalized spacial score (nSPS) is 16.4. The summed E-state index contributed by atoms with van der Waals surface area (Å²) in [5, 5.41) is 4.47. The summed E-state index contributed by atoms with van der Waals surface area (Å²) in [5.41, 5.74) is 1.75. The molecule has 0 radical (unpaired) electrons. The lowest BCUT2D eigenvalue weighted by Gasteiger charge is -2.25. The first-order valence-electron chi connectivity index (χ1n) is 7.20. The fourth-order valence-corrected chi connectivity index (χ4v) is 2.70. The van der Waals surface area contributed by atoms with Gasteiger partial charge in [0.05, 0.1) is 23.0 Å². The van der Waals surface area contributed by atoms with Gasteiger partial charge in [-0.25, -0.2) is 0 Å². The van der Waals surface area contributed by atoms with Crippen molar-refractivity contribution in [1.82, 2.24) is 14.7 Å². The van der Waals surface area contributed by atoms with E-state index in [0.29, 0.717) is 5.92 Å². The van der Waals surface area contributed by atoms with Crippen LogP contribution >= 0.6 is 0 Å². The minimum Gasteiger partial charge on any atom is -0.339 e. The highest BCUT2D eigenvalue weighted by Crippen LogP contribution is 2.27. The van der Waals surface area contributed by atoms with E-state index >= 15 is 0 Å². The van der Waals surface area contributed by atoms with E-state index in [-0.39, 0.29) is 11.4 Å². The molecule has 0 atom stereocenters. The summed E-state index contributed by atoms with van der Waals surface area (Å²) in [6.45, 7) is 12.4. The zero-order valence-corrected chi connectivity index (χ0v) is 12.7. The van der Waals surface area contributed by atoms with Gasteiger partial charge in [0.15, 0.2) is 0 Å². The predicted molar refractivity (Wildman–Crippen MR) is 76.4 cm³/mol. The van der Waals surface area contributed by atoms with Crippen LogP contribution in [0.4, 0.5) is 0 Å². The Morgan fingerprint density at radius 1 is 1.26 bits per heavy atom. The Kier molecular flexibility index (Phi) is 3.70. The third-order valence-corrected chi connectivity index (χ3v) is 3.61. The van der Waals surface area contributed by atoms with E-state index in [1.54, 1.807) is 6.20 Å². The quantitative estimate of drug-likeness (QED) is 0.822. The number of rotatable bonds is 2. The third kappa shape index (κ3) is 2.67. The number of aromatic nitrogens is 2. The molecule has 1 amide bonds. The topological polar surface area (TPSA) is 38.1 Å². The monoisotopic (exact) mass is 263 g/mol. The number of likely N-dealkylation sites (tertiary alicyclic amines) is 1. The highest BCUT2D eigenvalue weighted by molar-refractivity contribution is 5.95. The molecular formula is C15H25N3O. The molecule has 0 unspecified atom stereocenters. The molecule has 0 saturated carbocycles. The van der Waals surface area contributed by atoms with Gasteiger partial charge in [0.2, 0.25) is 0 Å². The minimum atomic E-state index is -0.0941. The molecule has 1 fully saturated rings. The maximum atomic E-state index is 12.6. The molecule has 0 N–H and O–H groups in total. The lowest BCUT2D eigenvalue weighted by molar-refractivity contribution is 0.0791. The van der Waals surface area contributed by atoms with Crippen LogP contribution in [-0.4, -0.2) is 33.7 Å². The molecule has 106 valence electrons. The number of hydrogen-bond acceptors (Lipinski definition) is 2. The molecule has 0 aromatic carbocycles. The van der Waals surface area contributed by atoms with Crippen molar-refractivity contribution in [3.63, 3.8) is 0 Å². The van der Waals surface area contributed by atoms with E-state index in [2.05, 4.69) is 39.7 Å². The average molecular weight is 263 g/mol. The maximum absolute atomic E-state index is 12.6. The molecule has 0 spiro atoms. The summed E-state index contributed by atoms with van der Waals surface area (Å²) < 4.78 is 2.00. The molecule has 1 aromatic heterocycles. The molecule has 0 bridgehead atoms. The Morgan fingerprint density at radius 2 is 1.84 bits per heavy atom. The van der Waals surface area contributed by atoms with E-state index in [4.69, 9.17) is 0 Å². The molecule has 1 aromatic rings. The second kappa shape index (κ2) is 4.99. The zero-order chi connectivity index (χ0) is 14.2. The Balaban J connectivity index is 2.40. The summed E-state index contributed by atoms with van der Waals surface area (Å²) in [6.07, 6.45) is 3.99. The molecule has 0 aliphatic carbocycles. The van der Waals surface area contributed by atoms with E-state index in [9.17, 15) is 4.79 Å². The summed E-state index contributed by atoms with van der Waals surface area (Å²) in [6, 6.07) is 0. The maximum Gasteiger partial charge on any atom is 0.257 e. The van der Waals surface area contributed by atoms with Crippen molar-refractivity contribution >= 4 is 5.91 Å². The van der Waals surface area contributed by atoms with E-state index < -0.39 is 0 Å². The highest BCUT2D eigenvalue weighted by Gasteiger charge is 2.29. The van der Waals surface area contributed by atoms with Gasteiger partial charge >= 0.3 is 0 Å². The molecule has 2 rings (SSSR count). The number of carbonyl (C=O) groups is 1. The summed E-state index contributed by atoms with van der Waals surface area (Å²) >= 11 is 0. The predicted octanol–water partition coefficient (Wildman–Crippen LogP) is 3.00. The van der Waals surface area contributed by atoms with Gasteiger partial charge in [-0.1, -0.05) is 13.8 Å². The zero-order valence-electron chi connectivity index (χ0n) is 12.7. The van der Waals surface area contributed by atoms with Crippen LogP contribution in [0.3, 0.4) is 0 Å². The van der Waals surface area contributed by atoms with Crippen molar-refractivity contribution in [3.05, 3.63) is 17.5 Å². The largest absolute Gasteiger partial charge is 0.339 e. The van der Waals surface area contributed by atoms with Gasteiger partial charge in [-0.2, -0.15) is 5.10 Å². The number of nitrogens with zero attached hydrogens (tertiary/aromatic N) is 3. The van der Waals surface area contributed by atoms with E-state index in [1.807, 2.05) is 9.58 Å². The van der Waals surface area contributed by atoms with E-state index in [1.165, 1.54) is 0 Å². The summed E-state index contributed by atoms with van der Waals surface area (Å²) in [5.74, 6) is 0.444. The van der Waals surface area contributed by atoms with Gasteiger partial charge in [-0.3, -0.25) is 9.48 Å². The van der Waals surface area contributed by atoms with Crippen molar-refractivity contribution in [2.75, 3.05) is 13.1 Å². The lowest BCUT2D eigenvalue weighted by Crippen LogP contribution is -2.30. The molecule has 1 aliphatic heterocycles. The molecule has 2 heterocycles. The standard InChI is InChI=1S/C15H25N3O/c1-11(2)13-12(10-16-18(13)15(3,4)5)14(19)17-8-6-7-9-17/h10-11H,6-9H2,1-5H3. The summed E-state index contributed by atoms with van der Waals surface area (Å²) in [4.78, 5) is 14.5. The number of amides is 1. The second-order valence-electron chi connectivity index (χ2n) is 6.68. The van der Waals surface area contributed by atoms with Gasteiger partial charge in [-0.05, 0) is 39.5 Å². The van der Waals surface area contributed by atoms with Crippen molar-refractivity contribution in [3.8, 4) is 0 Å². The Labute approximate surface area is 115 Å². The van der Waals surface area contributed by atoms with Gasteiger partial charge < -0.3 is 4.90 Å². The van der Waals surface area contributed by atoms with Gasteiger partial charge in [0.1, 0.15) is 0 Å². The van der Waals surface area contributed by atoms with Crippen LogP contribution in [0.15, 0.2) is 6.20 Å². The first-order valence-corrected chi connectivity index (χ1v) is 7.20. The Hall–Kier alpha value is -1.32. The number of carbonyl (C=O) groups excluding carboxylic acids is 1. The first kappa shape index (κ1) is 14.1. The van der Waals surface area contributed by atoms with Crippen LogP contribution in [0, 0.1) is 0 Å². The molecule has 4 nitrogen and oxygen atoms in total. The molecule has 4 heteroatoms. The van der Waals surface area contributed by atoms with Crippen molar-refractivity contribution in [1.29, 1.82) is 0 Å². The second-order valence-corrected chi connectivity index (χ2v) is 6.68. The molecule has 1 aliphatic rings. The van der Waals surface area contributed by atoms with Crippen molar-refractivity contribution < 1.29 is 4.79 Å². The SMILES string of the molecule is CC(C)c1c(C(=O)N2CCCC2)cnn1C(C)(C)C. The smallest absolute Gasteiger partial charge is 0.257 e. The van der Waals surface area contributed by atoms with Crippen LogP contribution in [0.1, 0.15) is 69.4 Å². The molecule has 1 saturated heterocycles. The van der Waals surface area contributed by atoms with Gasteiger partial charge in [0, 0.05) is 13.1 Å². The average Bonchev–Trinajstić information content (AvgIpc) is 2.96. The van der Waals surface area contributed by atoms with Gasteiger partial charge in [-0.15, -0.1) is 0 Å². The fourth-order valence-electron chi connectivity index (χ4n) is 2.70. The lowest BCUT2D eigenvalue weighted by atomic mass is 10.0. The van der Waals surface area contributed by atoms with Crippen LogP contribution in [0.5, 0.6) is 0 Å². The van der Waals surface area contributed by atoms with Crippen LogP contribution < -0.4 is 0 Å². The van der Waals surface area contributed by atoms with Gasteiger partial charge in [0.25, 0.3) is 5.91 Å². The third-order valence-electron chi connectivity index (χ3n) is 3.61. The van der Waals surface area contributed by atoms with Crippen molar-refractivity contribution in [2.24, 2.45) is 0 Å². The fraction of sp³-hybridized carbons (Fsp3) is 0.733. The van der Waals surface area contributed by atoms with E-state index in [0.717, 1.165) is 37.2 Å². The Morgan fingerprint density at radius 3 is 2.32 bits per heavy atom. The van der Waals surface area contributed by atoms with Crippen molar-refractivity contribution in [2.45, 2.75) is 58.9 Å². The number of hydrogen-bond donors (Lipinski definition) is 0. The van der Waals surface area contributed by atoms with Crippen LogP contribution in [0.2, 0.25) is 0 Å². The van der Waals surface area contributed by atoms with Crippen LogP contribution in [-0.2, 0) is 5.54 Å². The highest BCUT2D eigenvalue weighted by atomic mass is 16.2.